The zero-order valence-corrected chi connectivity index (χ0v) is 11.7. The maximum absolute atomic E-state index is 11.8. The van der Waals surface area contributed by atoms with E-state index < -0.39 is 24.3 Å². The molecule has 0 fully saturated rings. The number of aliphatic carboxylic acids is 1. The Morgan fingerprint density at radius 2 is 2.00 bits per heavy atom. The lowest BCUT2D eigenvalue weighted by molar-refractivity contribution is -0.139. The molecule has 2 rings (SSSR count). The molecular weight excluding hydrogens is 276 g/mol. The molecule has 0 saturated carbocycles. The smallest absolute Gasteiger partial charge is 0.305 e. The molecule has 0 aliphatic carbocycles. The van der Waals surface area contributed by atoms with Gasteiger partial charge in [-0.15, -0.1) is 0 Å². The van der Waals surface area contributed by atoms with Gasteiger partial charge in [0, 0.05) is 0 Å². The Bertz CT molecular complexity index is 546. The van der Waals surface area contributed by atoms with Crippen LogP contribution in [0.3, 0.4) is 0 Å². The molecule has 0 saturated heterocycles. The summed E-state index contributed by atoms with van der Waals surface area (Å²) in [5.41, 5.74) is 6.35. The van der Waals surface area contributed by atoms with Crippen molar-refractivity contribution in [2.45, 2.75) is 25.4 Å². The largest absolute Gasteiger partial charge is 0.486 e. The molecule has 7 heteroatoms. The van der Waals surface area contributed by atoms with Crippen molar-refractivity contribution in [3.8, 4) is 11.5 Å². The van der Waals surface area contributed by atoms with Gasteiger partial charge in [-0.3, -0.25) is 9.59 Å². The fourth-order valence-corrected chi connectivity index (χ4v) is 2.01. The molecule has 2 unspecified atom stereocenters. The van der Waals surface area contributed by atoms with Gasteiger partial charge < -0.3 is 25.6 Å². The van der Waals surface area contributed by atoms with Crippen molar-refractivity contribution in [3.05, 3.63) is 23.8 Å². The molecule has 21 heavy (non-hydrogen) atoms. The van der Waals surface area contributed by atoms with Gasteiger partial charge in [0.25, 0.3) is 0 Å². The second-order valence-corrected chi connectivity index (χ2v) is 4.84. The van der Waals surface area contributed by atoms with E-state index in [-0.39, 0.29) is 6.04 Å². The van der Waals surface area contributed by atoms with Crippen molar-refractivity contribution in [1.29, 1.82) is 0 Å². The lowest BCUT2D eigenvalue weighted by atomic mass is 10.1. The summed E-state index contributed by atoms with van der Waals surface area (Å²) < 4.78 is 10.9. The summed E-state index contributed by atoms with van der Waals surface area (Å²) in [6.45, 7) is 2.79. The zero-order valence-electron chi connectivity index (χ0n) is 11.7. The number of carboxylic acid groups (broad SMARTS) is 1. The van der Waals surface area contributed by atoms with Crippen molar-refractivity contribution in [3.63, 3.8) is 0 Å². The first-order chi connectivity index (χ1) is 9.97. The number of benzene rings is 1. The highest BCUT2D eigenvalue weighted by atomic mass is 16.6. The van der Waals surface area contributed by atoms with E-state index in [0.717, 1.165) is 5.56 Å². The Kier molecular flexibility index (Phi) is 4.64. The van der Waals surface area contributed by atoms with Crippen LogP contribution in [0.5, 0.6) is 11.5 Å². The van der Waals surface area contributed by atoms with Gasteiger partial charge in [0.15, 0.2) is 11.5 Å². The van der Waals surface area contributed by atoms with E-state index in [0.29, 0.717) is 24.7 Å². The molecule has 1 aromatic rings. The summed E-state index contributed by atoms with van der Waals surface area (Å²) >= 11 is 0. The van der Waals surface area contributed by atoms with Gasteiger partial charge in [0.1, 0.15) is 13.2 Å². The molecule has 0 aromatic heterocycles. The van der Waals surface area contributed by atoms with Crippen LogP contribution in [0.4, 0.5) is 0 Å². The molecule has 1 aromatic carbocycles. The first kappa shape index (κ1) is 15.1. The average Bonchev–Trinajstić information content (AvgIpc) is 2.45. The lowest BCUT2D eigenvalue weighted by Crippen LogP contribution is -2.42. The Labute approximate surface area is 122 Å². The summed E-state index contributed by atoms with van der Waals surface area (Å²) in [6.07, 6.45) is -0.403. The van der Waals surface area contributed by atoms with Crippen molar-refractivity contribution < 1.29 is 24.2 Å². The van der Waals surface area contributed by atoms with Crippen molar-refractivity contribution in [1.82, 2.24) is 5.32 Å². The quantitative estimate of drug-likeness (QED) is 0.726. The SMILES string of the molecule is CC(NC(=O)C(N)CC(=O)O)c1ccc2c(c1)OCCO2. The van der Waals surface area contributed by atoms with Gasteiger partial charge in [0.2, 0.25) is 5.91 Å². The van der Waals surface area contributed by atoms with Crippen molar-refractivity contribution >= 4 is 11.9 Å². The third-order valence-electron chi connectivity index (χ3n) is 3.16. The molecule has 4 N–H and O–H groups in total. The third kappa shape index (κ3) is 3.85. The number of ether oxygens (including phenoxy) is 2. The van der Waals surface area contributed by atoms with Crippen LogP contribution < -0.4 is 20.5 Å². The summed E-state index contributed by atoms with van der Waals surface area (Å²) in [7, 11) is 0. The molecule has 1 aliphatic heterocycles. The highest BCUT2D eigenvalue weighted by Gasteiger charge is 2.20. The van der Waals surface area contributed by atoms with Gasteiger partial charge in [0.05, 0.1) is 18.5 Å². The highest BCUT2D eigenvalue weighted by Crippen LogP contribution is 2.32. The standard InChI is InChI=1S/C14H18N2O5/c1-8(16-14(19)10(15)7-13(17)18)9-2-3-11-12(6-9)21-5-4-20-11/h2-3,6,8,10H,4-5,7,15H2,1H3,(H,16,19)(H,17,18). The molecule has 7 nitrogen and oxygen atoms in total. The highest BCUT2D eigenvalue weighted by molar-refractivity contribution is 5.86. The molecule has 2 atom stereocenters. The Hall–Kier alpha value is -2.28. The monoisotopic (exact) mass is 294 g/mol. The van der Waals surface area contributed by atoms with E-state index in [2.05, 4.69) is 5.32 Å². The first-order valence-corrected chi connectivity index (χ1v) is 6.64. The topological polar surface area (TPSA) is 111 Å². The van der Waals surface area contributed by atoms with E-state index in [9.17, 15) is 9.59 Å². The molecule has 0 radical (unpaired) electrons. The molecule has 0 spiro atoms. The summed E-state index contributed by atoms with van der Waals surface area (Å²) in [6, 6.07) is 4.02. The summed E-state index contributed by atoms with van der Waals surface area (Å²) in [5, 5.41) is 11.3. The Balaban J connectivity index is 2.01. The van der Waals surface area contributed by atoms with E-state index in [1.54, 1.807) is 19.1 Å². The van der Waals surface area contributed by atoms with E-state index in [1.807, 2.05) is 6.07 Å². The van der Waals surface area contributed by atoms with Gasteiger partial charge in [-0.25, -0.2) is 0 Å². The first-order valence-electron chi connectivity index (χ1n) is 6.64. The molecular formula is C14H18N2O5. The minimum atomic E-state index is -1.11. The predicted octanol–water partition coefficient (Wildman–Crippen LogP) is 0.437. The molecule has 1 amide bonds. The molecule has 0 bridgehead atoms. The maximum atomic E-state index is 11.8. The number of carbonyl (C=O) groups excluding carboxylic acids is 1. The predicted molar refractivity (Wildman–Crippen MR) is 74.2 cm³/mol. The van der Waals surface area contributed by atoms with Gasteiger partial charge in [-0.2, -0.15) is 0 Å². The summed E-state index contributed by atoms with van der Waals surface area (Å²) in [5.74, 6) is -0.301. The van der Waals surface area contributed by atoms with Gasteiger partial charge in [-0.1, -0.05) is 6.07 Å². The van der Waals surface area contributed by atoms with Crippen LogP contribution in [0.15, 0.2) is 18.2 Å². The van der Waals surface area contributed by atoms with Crippen LogP contribution in [0, 0.1) is 0 Å². The van der Waals surface area contributed by atoms with Crippen molar-refractivity contribution in [2.75, 3.05) is 13.2 Å². The number of nitrogens with two attached hydrogens (primary N) is 1. The Morgan fingerprint density at radius 3 is 2.67 bits per heavy atom. The second-order valence-electron chi connectivity index (χ2n) is 4.84. The minimum Gasteiger partial charge on any atom is -0.486 e. The number of hydrogen-bond donors (Lipinski definition) is 3. The molecule has 1 heterocycles. The number of fused-ring (bicyclic) bond motifs is 1. The van der Waals surface area contributed by atoms with Crippen LogP contribution in [0.2, 0.25) is 0 Å². The number of amides is 1. The molecule has 114 valence electrons. The van der Waals surface area contributed by atoms with Gasteiger partial charge in [-0.05, 0) is 24.6 Å². The average molecular weight is 294 g/mol. The van der Waals surface area contributed by atoms with Crippen LogP contribution in [-0.4, -0.2) is 36.2 Å². The van der Waals surface area contributed by atoms with E-state index >= 15 is 0 Å². The maximum Gasteiger partial charge on any atom is 0.305 e. The zero-order chi connectivity index (χ0) is 15.4. The fraction of sp³-hybridized carbons (Fsp3) is 0.429. The molecule has 1 aliphatic rings. The summed E-state index contributed by atoms with van der Waals surface area (Å²) in [4.78, 5) is 22.3. The van der Waals surface area contributed by atoms with E-state index in [1.165, 1.54) is 0 Å². The minimum absolute atomic E-state index is 0.312. The van der Waals surface area contributed by atoms with Crippen LogP contribution in [-0.2, 0) is 9.59 Å². The fourth-order valence-electron chi connectivity index (χ4n) is 2.01. The Morgan fingerprint density at radius 1 is 1.33 bits per heavy atom. The number of carbonyl (C=O) groups is 2. The lowest BCUT2D eigenvalue weighted by Gasteiger charge is -2.21. The van der Waals surface area contributed by atoms with Crippen LogP contribution in [0.1, 0.15) is 24.9 Å². The number of nitrogens with one attached hydrogen (secondary N) is 1. The van der Waals surface area contributed by atoms with Crippen molar-refractivity contribution in [2.24, 2.45) is 5.73 Å². The third-order valence-corrected chi connectivity index (χ3v) is 3.16. The number of rotatable bonds is 5. The van der Waals surface area contributed by atoms with Gasteiger partial charge >= 0.3 is 5.97 Å². The second kappa shape index (κ2) is 6.45. The number of carboxylic acids is 1. The number of hydrogen-bond acceptors (Lipinski definition) is 5. The normalized spacial score (nSPS) is 15.9. The van der Waals surface area contributed by atoms with E-state index in [4.69, 9.17) is 20.3 Å². The van der Waals surface area contributed by atoms with Crippen LogP contribution in [0.25, 0.3) is 0 Å². The van der Waals surface area contributed by atoms with Crippen LogP contribution >= 0.6 is 0 Å².